The Labute approximate surface area is 205 Å². The first-order valence-electron chi connectivity index (χ1n) is 10.8. The van der Waals surface area contributed by atoms with Crippen molar-refractivity contribution >= 4 is 43.0 Å². The van der Waals surface area contributed by atoms with Crippen molar-refractivity contribution in [3.05, 3.63) is 23.9 Å². The van der Waals surface area contributed by atoms with Gasteiger partial charge in [0, 0.05) is 5.75 Å². The molecule has 33 heavy (non-hydrogen) atoms. The van der Waals surface area contributed by atoms with Gasteiger partial charge in [0.05, 0.1) is 24.7 Å². The molecule has 12 heteroatoms. The number of hydrogen-bond donors (Lipinski definition) is 8. The molecular weight excluding hydrogens is 468 g/mol. The highest BCUT2D eigenvalue weighted by molar-refractivity contribution is 7.80. The molecule has 0 aliphatic carbocycles. The summed E-state index contributed by atoms with van der Waals surface area (Å²) in [4.78, 5) is 37.5. The maximum absolute atomic E-state index is 12.9. The van der Waals surface area contributed by atoms with Crippen molar-refractivity contribution < 1.29 is 29.3 Å². The summed E-state index contributed by atoms with van der Waals surface area (Å²) in [5.41, 5.74) is 0.201. The number of esters is 1. The van der Waals surface area contributed by atoms with Crippen LogP contribution in [0.4, 0.5) is 0 Å². The predicted octanol–water partition coefficient (Wildman–Crippen LogP) is -0.547. The fraction of sp³-hybridized carbons (Fsp3) is 0.667. The summed E-state index contributed by atoms with van der Waals surface area (Å²) in [7, 11) is 0. The summed E-state index contributed by atoms with van der Waals surface area (Å²) in [6.07, 6.45) is 1.85. The number of nitrogens with one attached hydrogen (secondary N) is 4. The number of aliphatic hydroxyl groups excluding tert-OH is 2. The van der Waals surface area contributed by atoms with Crippen LogP contribution in [0.5, 0.6) is 0 Å². The van der Waals surface area contributed by atoms with Crippen LogP contribution < -0.4 is 21.3 Å². The van der Waals surface area contributed by atoms with Crippen LogP contribution in [0.15, 0.2) is 23.9 Å². The maximum atomic E-state index is 12.9. The lowest BCUT2D eigenvalue weighted by molar-refractivity contribution is -0.152. The molecule has 1 rings (SSSR count). The normalized spacial score (nSPS) is 30.1. The van der Waals surface area contributed by atoms with Crippen LogP contribution in [-0.4, -0.2) is 76.7 Å². The van der Waals surface area contributed by atoms with E-state index in [2.05, 4.69) is 46.5 Å². The Morgan fingerprint density at radius 2 is 1.85 bits per heavy atom. The number of amides is 2. The molecule has 0 saturated carbocycles. The standard InChI is InChI=1S/C21H36N4O6S2/c1-4-14-19(28)25-18(12(2)3)21(30)31-13(7-5-6-8-32)9-16(26)22-10-17(27)23-15(11-33)20(29)24-14/h4-5,7,12-13,15,18-20,24-25,28-29,32-33H,6,8-11H2,1-3H3,(H,22,26)(H,23,27)/b7-5+,14-4-/t13-,15-,18+,19?,20?/m1/s1. The fourth-order valence-electron chi connectivity index (χ4n) is 2.99. The first kappa shape index (κ1) is 29.3. The van der Waals surface area contributed by atoms with Crippen molar-refractivity contribution in [1.29, 1.82) is 0 Å². The second kappa shape index (κ2) is 15.2. The molecule has 1 saturated heterocycles. The topological polar surface area (TPSA) is 149 Å². The van der Waals surface area contributed by atoms with E-state index in [1.54, 1.807) is 32.9 Å². The quantitative estimate of drug-likeness (QED) is 0.141. The number of ether oxygens (including phenoxy) is 1. The van der Waals surface area contributed by atoms with Gasteiger partial charge < -0.3 is 30.9 Å². The zero-order valence-electron chi connectivity index (χ0n) is 19.2. The molecular formula is C21H36N4O6S2. The Morgan fingerprint density at radius 1 is 1.15 bits per heavy atom. The average Bonchev–Trinajstić information content (AvgIpc) is 2.76. The molecule has 0 aromatic carbocycles. The lowest BCUT2D eigenvalue weighted by atomic mass is 10.0. The zero-order valence-corrected chi connectivity index (χ0v) is 20.9. The minimum Gasteiger partial charge on any atom is -0.456 e. The summed E-state index contributed by atoms with van der Waals surface area (Å²) in [5, 5.41) is 31.8. The highest BCUT2D eigenvalue weighted by Gasteiger charge is 2.31. The van der Waals surface area contributed by atoms with Crippen LogP contribution in [0.25, 0.3) is 0 Å². The number of cyclic esters (lactones) is 1. The van der Waals surface area contributed by atoms with Crippen molar-refractivity contribution in [1.82, 2.24) is 21.3 Å². The number of carbonyl (C=O) groups excluding carboxylic acids is 3. The molecule has 1 heterocycles. The largest absolute Gasteiger partial charge is 0.456 e. The van der Waals surface area contributed by atoms with Gasteiger partial charge in [-0.2, -0.15) is 25.3 Å². The molecule has 1 aliphatic rings. The lowest BCUT2D eigenvalue weighted by Crippen LogP contribution is -2.56. The van der Waals surface area contributed by atoms with Crippen molar-refractivity contribution in [3.8, 4) is 0 Å². The van der Waals surface area contributed by atoms with E-state index in [-0.39, 0.29) is 30.3 Å². The fourth-order valence-corrected chi connectivity index (χ4v) is 3.43. The Morgan fingerprint density at radius 3 is 2.42 bits per heavy atom. The van der Waals surface area contributed by atoms with Gasteiger partial charge in [0.25, 0.3) is 0 Å². The van der Waals surface area contributed by atoms with E-state index in [4.69, 9.17) is 4.74 Å². The van der Waals surface area contributed by atoms with Crippen LogP contribution in [0.1, 0.15) is 33.6 Å². The molecule has 2 unspecified atom stereocenters. The van der Waals surface area contributed by atoms with Crippen molar-refractivity contribution in [2.24, 2.45) is 5.92 Å². The van der Waals surface area contributed by atoms with Gasteiger partial charge in [0.1, 0.15) is 24.6 Å². The molecule has 5 atom stereocenters. The van der Waals surface area contributed by atoms with E-state index in [1.165, 1.54) is 6.08 Å². The number of hydrogen-bond acceptors (Lipinski definition) is 10. The summed E-state index contributed by atoms with van der Waals surface area (Å²) >= 11 is 8.29. The third-order valence-corrected chi connectivity index (χ3v) is 5.50. The molecule has 1 fully saturated rings. The molecule has 10 nitrogen and oxygen atoms in total. The lowest BCUT2D eigenvalue weighted by Gasteiger charge is -2.30. The van der Waals surface area contributed by atoms with E-state index in [1.807, 2.05) is 0 Å². The third kappa shape index (κ3) is 10.4. The van der Waals surface area contributed by atoms with Crippen LogP contribution in [0.2, 0.25) is 0 Å². The molecule has 0 spiro atoms. The molecule has 2 amide bonds. The minimum atomic E-state index is -1.34. The Bertz CT molecular complexity index is 719. The second-order valence-electron chi connectivity index (χ2n) is 7.88. The summed E-state index contributed by atoms with van der Waals surface area (Å²) < 4.78 is 5.56. The van der Waals surface area contributed by atoms with E-state index in [0.717, 1.165) is 0 Å². The number of thiol groups is 2. The van der Waals surface area contributed by atoms with Gasteiger partial charge in [0.2, 0.25) is 11.8 Å². The van der Waals surface area contributed by atoms with Crippen molar-refractivity contribution in [2.75, 3.05) is 18.1 Å². The monoisotopic (exact) mass is 504 g/mol. The van der Waals surface area contributed by atoms with E-state index >= 15 is 0 Å². The van der Waals surface area contributed by atoms with Gasteiger partial charge in [-0.15, -0.1) is 0 Å². The second-order valence-corrected chi connectivity index (χ2v) is 8.69. The maximum Gasteiger partial charge on any atom is 0.324 e. The van der Waals surface area contributed by atoms with Gasteiger partial charge in [-0.25, -0.2) is 0 Å². The van der Waals surface area contributed by atoms with Gasteiger partial charge >= 0.3 is 5.97 Å². The molecule has 1 aliphatic heterocycles. The first-order valence-corrected chi connectivity index (χ1v) is 12.1. The van der Waals surface area contributed by atoms with Crippen LogP contribution in [-0.2, 0) is 19.1 Å². The van der Waals surface area contributed by atoms with Gasteiger partial charge in [0.15, 0.2) is 0 Å². The SMILES string of the molecule is C/C=C1\NC(O)[C@@H](CS)NC(=O)CNC(=O)C[C@@H](/C=C/CCS)OC(=O)[C@H](C(C)C)NC1O. The Hall–Kier alpha value is -1.73. The van der Waals surface area contributed by atoms with Gasteiger partial charge in [-0.05, 0) is 31.1 Å². The highest BCUT2D eigenvalue weighted by Crippen LogP contribution is 2.12. The predicted molar refractivity (Wildman–Crippen MR) is 132 cm³/mol. The molecule has 6 N–H and O–H groups in total. The molecule has 0 radical (unpaired) electrons. The van der Waals surface area contributed by atoms with E-state index in [9.17, 15) is 24.6 Å². The van der Waals surface area contributed by atoms with E-state index < -0.39 is 48.4 Å². The van der Waals surface area contributed by atoms with Crippen molar-refractivity contribution in [2.45, 2.75) is 64.3 Å². The molecule has 0 aromatic heterocycles. The number of aliphatic hydroxyl groups is 2. The van der Waals surface area contributed by atoms with E-state index in [0.29, 0.717) is 12.2 Å². The summed E-state index contributed by atoms with van der Waals surface area (Å²) in [6.45, 7) is 4.89. The summed E-state index contributed by atoms with van der Waals surface area (Å²) in [6, 6.07) is -1.71. The minimum absolute atomic E-state index is 0.0906. The van der Waals surface area contributed by atoms with Crippen molar-refractivity contribution in [3.63, 3.8) is 0 Å². The van der Waals surface area contributed by atoms with Crippen LogP contribution in [0, 0.1) is 5.92 Å². The van der Waals surface area contributed by atoms with Gasteiger partial charge in [-0.3, -0.25) is 19.7 Å². The number of carbonyl (C=O) groups is 3. The average molecular weight is 505 g/mol. The Kier molecular flexibility index (Phi) is 13.5. The zero-order chi connectivity index (χ0) is 25.0. The van der Waals surface area contributed by atoms with Crippen LogP contribution in [0.3, 0.4) is 0 Å². The molecule has 0 bridgehead atoms. The molecule has 0 aromatic rings. The van der Waals surface area contributed by atoms with Gasteiger partial charge in [-0.1, -0.05) is 26.0 Å². The molecule has 188 valence electrons. The third-order valence-electron chi connectivity index (χ3n) is 4.85. The van der Waals surface area contributed by atoms with Crippen LogP contribution >= 0.6 is 25.3 Å². The first-order chi connectivity index (χ1) is 15.6. The number of allylic oxidation sites excluding steroid dienone is 2. The number of rotatable bonds is 5. The Balaban J connectivity index is 3.22. The summed E-state index contributed by atoms with van der Waals surface area (Å²) in [5.74, 6) is -1.25. The smallest absolute Gasteiger partial charge is 0.324 e. The highest BCUT2D eigenvalue weighted by atomic mass is 32.1.